The molecule has 2 atom stereocenters. The lowest BCUT2D eigenvalue weighted by molar-refractivity contribution is -0.145. The monoisotopic (exact) mass is 255 g/mol. The van der Waals surface area contributed by atoms with Crippen molar-refractivity contribution in [3.63, 3.8) is 0 Å². The maximum Gasteiger partial charge on any atom is 0.326 e. The first-order valence-corrected chi connectivity index (χ1v) is 6.94. The molecule has 4 nitrogen and oxygen atoms in total. The van der Waals surface area contributed by atoms with E-state index >= 15 is 0 Å². The minimum Gasteiger partial charge on any atom is -0.480 e. The molecule has 0 aromatic rings. The fourth-order valence-corrected chi connectivity index (χ4v) is 2.56. The maximum absolute atomic E-state index is 12.3. The van der Waals surface area contributed by atoms with E-state index in [-0.39, 0.29) is 17.2 Å². The van der Waals surface area contributed by atoms with Crippen LogP contribution in [-0.4, -0.2) is 23.0 Å². The quantitative estimate of drug-likeness (QED) is 0.793. The molecule has 2 N–H and O–H groups in total. The average molecular weight is 255 g/mol. The summed E-state index contributed by atoms with van der Waals surface area (Å²) in [6.07, 6.45) is 5.78. The Bertz CT molecular complexity index is 308. The summed E-state index contributed by atoms with van der Waals surface area (Å²) < 4.78 is 0. The van der Waals surface area contributed by atoms with E-state index < -0.39 is 12.0 Å². The molecule has 0 bridgehead atoms. The topological polar surface area (TPSA) is 66.4 Å². The molecule has 0 aromatic heterocycles. The van der Waals surface area contributed by atoms with Crippen molar-refractivity contribution < 1.29 is 14.7 Å². The van der Waals surface area contributed by atoms with Gasteiger partial charge in [-0.2, -0.15) is 0 Å². The van der Waals surface area contributed by atoms with Crippen molar-refractivity contribution in [2.45, 2.75) is 65.3 Å². The van der Waals surface area contributed by atoms with Gasteiger partial charge in [0.05, 0.1) is 0 Å². The van der Waals surface area contributed by atoms with E-state index in [1.807, 2.05) is 20.8 Å². The van der Waals surface area contributed by atoms with Crippen molar-refractivity contribution in [2.24, 2.45) is 11.3 Å². The molecule has 0 radical (unpaired) electrons. The van der Waals surface area contributed by atoms with Gasteiger partial charge in [-0.05, 0) is 18.8 Å². The Morgan fingerprint density at radius 1 is 1.28 bits per heavy atom. The Hall–Kier alpha value is -1.06. The van der Waals surface area contributed by atoms with Gasteiger partial charge in [-0.15, -0.1) is 0 Å². The van der Waals surface area contributed by atoms with Crippen LogP contribution in [0.2, 0.25) is 0 Å². The van der Waals surface area contributed by atoms with Crippen LogP contribution in [0.15, 0.2) is 0 Å². The number of hydrogen-bond acceptors (Lipinski definition) is 2. The normalized spacial score (nSPS) is 21.9. The first-order chi connectivity index (χ1) is 8.40. The Morgan fingerprint density at radius 2 is 1.83 bits per heavy atom. The van der Waals surface area contributed by atoms with Gasteiger partial charge in [0.1, 0.15) is 6.04 Å². The highest BCUT2D eigenvalue weighted by Gasteiger charge is 2.37. The minimum atomic E-state index is -0.933. The van der Waals surface area contributed by atoms with E-state index in [9.17, 15) is 14.7 Å². The van der Waals surface area contributed by atoms with Crippen LogP contribution in [0.5, 0.6) is 0 Å². The lowest BCUT2D eigenvalue weighted by Crippen LogP contribution is -2.50. The highest BCUT2D eigenvalue weighted by atomic mass is 16.4. The summed E-state index contributed by atoms with van der Waals surface area (Å²) in [7, 11) is 0. The second-order valence-electron chi connectivity index (χ2n) is 5.80. The number of carbonyl (C=O) groups is 2. The first kappa shape index (κ1) is 15.0. The Kier molecular flexibility index (Phi) is 5.17. The molecule has 1 unspecified atom stereocenters. The number of carboxylic acid groups (broad SMARTS) is 1. The third-order valence-corrected chi connectivity index (χ3v) is 4.27. The van der Waals surface area contributed by atoms with E-state index in [0.29, 0.717) is 0 Å². The van der Waals surface area contributed by atoms with Gasteiger partial charge in [0.25, 0.3) is 0 Å². The number of amides is 1. The Morgan fingerprint density at radius 3 is 2.28 bits per heavy atom. The highest BCUT2D eigenvalue weighted by Crippen LogP contribution is 2.36. The fraction of sp³-hybridized carbons (Fsp3) is 0.857. The second-order valence-corrected chi connectivity index (χ2v) is 5.80. The predicted octanol–water partition coefficient (Wildman–Crippen LogP) is 2.57. The molecule has 0 spiro atoms. The van der Waals surface area contributed by atoms with Crippen LogP contribution in [-0.2, 0) is 9.59 Å². The number of nitrogens with one attached hydrogen (secondary N) is 1. The third-order valence-electron chi connectivity index (χ3n) is 4.27. The van der Waals surface area contributed by atoms with Crippen LogP contribution in [0, 0.1) is 11.3 Å². The zero-order valence-corrected chi connectivity index (χ0v) is 11.7. The number of carbonyl (C=O) groups excluding carboxylic acids is 1. The zero-order chi connectivity index (χ0) is 13.8. The molecule has 1 aliphatic rings. The number of carboxylic acids is 1. The number of rotatable bonds is 5. The van der Waals surface area contributed by atoms with Gasteiger partial charge in [0.2, 0.25) is 5.91 Å². The summed E-state index contributed by atoms with van der Waals surface area (Å²) in [6, 6.07) is -0.763. The predicted molar refractivity (Wildman–Crippen MR) is 70.2 cm³/mol. The van der Waals surface area contributed by atoms with E-state index in [0.717, 1.165) is 32.1 Å². The van der Waals surface area contributed by atoms with Crippen LogP contribution >= 0.6 is 0 Å². The van der Waals surface area contributed by atoms with E-state index in [1.165, 1.54) is 6.42 Å². The van der Waals surface area contributed by atoms with Gasteiger partial charge in [0.15, 0.2) is 0 Å². The molecule has 104 valence electrons. The third kappa shape index (κ3) is 3.47. The van der Waals surface area contributed by atoms with Crippen molar-refractivity contribution in [1.82, 2.24) is 5.32 Å². The summed E-state index contributed by atoms with van der Waals surface area (Å²) in [5.74, 6) is -1.06. The molecule has 1 amide bonds. The average Bonchev–Trinajstić information content (AvgIpc) is 2.35. The maximum atomic E-state index is 12.3. The zero-order valence-electron chi connectivity index (χ0n) is 11.7. The molecule has 0 aromatic carbocycles. The SMILES string of the molecule is CCC(C)[C@H](NC(=O)C1(C)CCCCC1)C(=O)O. The van der Waals surface area contributed by atoms with Crippen molar-refractivity contribution in [1.29, 1.82) is 0 Å². The number of aliphatic carboxylic acids is 1. The fourth-order valence-electron chi connectivity index (χ4n) is 2.56. The summed E-state index contributed by atoms with van der Waals surface area (Å²) in [6.45, 7) is 5.76. The number of hydrogen-bond donors (Lipinski definition) is 2. The van der Waals surface area contributed by atoms with E-state index in [4.69, 9.17) is 0 Å². The summed E-state index contributed by atoms with van der Waals surface area (Å²) in [5, 5.41) is 11.9. The summed E-state index contributed by atoms with van der Waals surface area (Å²) in [4.78, 5) is 23.5. The molecule has 1 fully saturated rings. The lowest BCUT2D eigenvalue weighted by atomic mass is 9.75. The van der Waals surface area contributed by atoms with Crippen LogP contribution in [0.25, 0.3) is 0 Å². The Labute approximate surface area is 109 Å². The van der Waals surface area contributed by atoms with Gasteiger partial charge in [-0.3, -0.25) is 4.79 Å². The van der Waals surface area contributed by atoms with Crippen molar-refractivity contribution in [3.05, 3.63) is 0 Å². The lowest BCUT2D eigenvalue weighted by Gasteiger charge is -2.34. The summed E-state index contributed by atoms with van der Waals surface area (Å²) in [5.41, 5.74) is -0.376. The second kappa shape index (κ2) is 6.21. The summed E-state index contributed by atoms with van der Waals surface area (Å²) >= 11 is 0. The highest BCUT2D eigenvalue weighted by molar-refractivity contribution is 5.87. The van der Waals surface area contributed by atoms with E-state index in [1.54, 1.807) is 0 Å². The molecule has 0 heterocycles. The van der Waals surface area contributed by atoms with Crippen molar-refractivity contribution in [2.75, 3.05) is 0 Å². The first-order valence-electron chi connectivity index (χ1n) is 6.94. The molecular formula is C14H25NO3. The molecule has 1 aliphatic carbocycles. The standard InChI is InChI=1S/C14H25NO3/c1-4-10(2)11(12(16)17)15-13(18)14(3)8-6-5-7-9-14/h10-11H,4-9H2,1-3H3,(H,15,18)(H,16,17)/t10?,11-/m0/s1. The van der Waals surface area contributed by atoms with Gasteiger partial charge in [-0.25, -0.2) is 4.79 Å². The van der Waals surface area contributed by atoms with Crippen molar-refractivity contribution >= 4 is 11.9 Å². The van der Waals surface area contributed by atoms with Gasteiger partial charge in [0, 0.05) is 5.41 Å². The molecule has 0 saturated heterocycles. The van der Waals surface area contributed by atoms with Gasteiger partial charge < -0.3 is 10.4 Å². The van der Waals surface area contributed by atoms with Crippen LogP contribution < -0.4 is 5.32 Å². The van der Waals surface area contributed by atoms with Crippen LogP contribution in [0.4, 0.5) is 0 Å². The van der Waals surface area contributed by atoms with Gasteiger partial charge in [-0.1, -0.05) is 46.5 Å². The largest absolute Gasteiger partial charge is 0.480 e. The molecule has 0 aliphatic heterocycles. The van der Waals surface area contributed by atoms with Crippen LogP contribution in [0.1, 0.15) is 59.3 Å². The smallest absolute Gasteiger partial charge is 0.326 e. The van der Waals surface area contributed by atoms with Crippen LogP contribution in [0.3, 0.4) is 0 Å². The molecule has 4 heteroatoms. The minimum absolute atomic E-state index is 0.0429. The Balaban J connectivity index is 2.68. The molecule has 18 heavy (non-hydrogen) atoms. The van der Waals surface area contributed by atoms with Crippen molar-refractivity contribution in [3.8, 4) is 0 Å². The molecular weight excluding hydrogens is 230 g/mol. The van der Waals surface area contributed by atoms with Gasteiger partial charge >= 0.3 is 5.97 Å². The molecule has 1 rings (SSSR count). The van der Waals surface area contributed by atoms with E-state index in [2.05, 4.69) is 5.32 Å². The molecule has 1 saturated carbocycles.